The molecular weight excluding hydrogens is 235 g/mol. The molecular formula is C11H12F3NO2. The molecule has 0 saturated heterocycles. The second-order valence-electron chi connectivity index (χ2n) is 3.40. The van der Waals surface area contributed by atoms with Crippen LogP contribution in [-0.2, 0) is 4.79 Å². The number of hydrogen-bond donors (Lipinski definition) is 1. The lowest BCUT2D eigenvalue weighted by Gasteiger charge is -2.31. The summed E-state index contributed by atoms with van der Waals surface area (Å²) in [5.41, 5.74) is 0.236. The summed E-state index contributed by atoms with van der Waals surface area (Å²) in [6, 6.07) is 5.16. The number of nitrogens with zero attached hydrogens (tertiary/aromatic N) is 1. The van der Waals surface area contributed by atoms with Crippen molar-refractivity contribution in [3.63, 3.8) is 0 Å². The second kappa shape index (κ2) is 5.07. The minimum Gasteiger partial charge on any atom is -0.479 e. The van der Waals surface area contributed by atoms with E-state index in [0.29, 0.717) is 0 Å². The number of carboxylic acid groups (broad SMARTS) is 1. The van der Waals surface area contributed by atoms with Crippen LogP contribution in [0.2, 0.25) is 0 Å². The van der Waals surface area contributed by atoms with Crippen molar-refractivity contribution in [1.82, 2.24) is 0 Å². The van der Waals surface area contributed by atoms with Gasteiger partial charge < -0.3 is 10.0 Å². The molecule has 1 unspecified atom stereocenters. The second-order valence-corrected chi connectivity index (χ2v) is 3.40. The van der Waals surface area contributed by atoms with E-state index in [1.165, 1.54) is 19.1 Å². The normalized spacial score (nSPS) is 13.2. The molecule has 0 saturated carbocycles. The lowest BCUT2D eigenvalue weighted by atomic mass is 10.2. The van der Waals surface area contributed by atoms with Gasteiger partial charge in [-0.05, 0) is 19.1 Å². The van der Waals surface area contributed by atoms with Crippen molar-refractivity contribution in [1.29, 1.82) is 0 Å². The van der Waals surface area contributed by atoms with Crippen molar-refractivity contribution < 1.29 is 23.1 Å². The van der Waals surface area contributed by atoms with Crippen LogP contribution >= 0.6 is 0 Å². The number of rotatable bonds is 4. The van der Waals surface area contributed by atoms with Crippen LogP contribution in [-0.4, -0.2) is 29.8 Å². The molecule has 1 atom stereocenters. The Labute approximate surface area is 96.5 Å². The van der Waals surface area contributed by atoms with Crippen molar-refractivity contribution in [2.75, 3.05) is 11.4 Å². The molecule has 0 aliphatic heterocycles. The van der Waals surface area contributed by atoms with Crippen LogP contribution < -0.4 is 4.90 Å². The predicted molar refractivity (Wildman–Crippen MR) is 56.9 cm³/mol. The highest BCUT2D eigenvalue weighted by Gasteiger charge is 2.48. The smallest absolute Gasteiger partial charge is 0.419 e. The molecule has 0 fully saturated rings. The highest BCUT2D eigenvalue weighted by molar-refractivity contribution is 5.79. The van der Waals surface area contributed by atoms with Crippen molar-refractivity contribution >= 4 is 11.7 Å². The maximum atomic E-state index is 12.7. The molecule has 0 radical (unpaired) electrons. The van der Waals surface area contributed by atoms with Crippen molar-refractivity contribution in [3.05, 3.63) is 30.3 Å². The quantitative estimate of drug-likeness (QED) is 0.888. The van der Waals surface area contributed by atoms with Crippen LogP contribution in [0.3, 0.4) is 0 Å². The van der Waals surface area contributed by atoms with E-state index in [-0.39, 0.29) is 12.2 Å². The standard InChI is InChI=1S/C11H12F3NO2/c1-2-15(8-6-4-3-5-7-8)9(10(16)17)11(12,13)14/h3-7,9H,2H2,1H3,(H,16,17). The molecule has 0 aliphatic rings. The summed E-state index contributed by atoms with van der Waals surface area (Å²) < 4.78 is 38.0. The van der Waals surface area contributed by atoms with Gasteiger partial charge in [-0.3, -0.25) is 0 Å². The van der Waals surface area contributed by atoms with Crippen LogP contribution in [0.15, 0.2) is 30.3 Å². The van der Waals surface area contributed by atoms with Gasteiger partial charge in [0.25, 0.3) is 0 Å². The number of hydrogen-bond acceptors (Lipinski definition) is 2. The minimum atomic E-state index is -4.81. The Morgan fingerprint density at radius 2 is 1.88 bits per heavy atom. The first-order valence-electron chi connectivity index (χ1n) is 4.99. The molecule has 1 aromatic rings. The zero-order chi connectivity index (χ0) is 13.1. The average Bonchev–Trinajstić information content (AvgIpc) is 2.24. The lowest BCUT2D eigenvalue weighted by molar-refractivity contribution is -0.175. The van der Waals surface area contributed by atoms with E-state index in [4.69, 9.17) is 5.11 Å². The third-order valence-corrected chi connectivity index (χ3v) is 2.28. The van der Waals surface area contributed by atoms with Gasteiger partial charge in [-0.15, -0.1) is 0 Å². The molecule has 94 valence electrons. The Kier molecular flexibility index (Phi) is 3.98. The maximum Gasteiger partial charge on any atom is 0.419 e. The Balaban J connectivity index is 3.11. The molecule has 17 heavy (non-hydrogen) atoms. The molecule has 1 rings (SSSR count). The van der Waals surface area contributed by atoms with E-state index in [9.17, 15) is 18.0 Å². The fourth-order valence-corrected chi connectivity index (χ4v) is 1.58. The molecule has 1 aromatic carbocycles. The molecule has 0 bridgehead atoms. The summed E-state index contributed by atoms with van der Waals surface area (Å²) in [5, 5.41) is 8.71. The molecule has 0 aliphatic carbocycles. The number of aliphatic carboxylic acids is 1. The average molecular weight is 247 g/mol. The van der Waals surface area contributed by atoms with Gasteiger partial charge in [0.15, 0.2) is 0 Å². The third-order valence-electron chi connectivity index (χ3n) is 2.28. The maximum absolute atomic E-state index is 12.7. The van der Waals surface area contributed by atoms with E-state index in [2.05, 4.69) is 0 Å². The van der Waals surface area contributed by atoms with Crippen molar-refractivity contribution in [2.24, 2.45) is 0 Å². The zero-order valence-electron chi connectivity index (χ0n) is 9.11. The minimum absolute atomic E-state index is 0.0412. The van der Waals surface area contributed by atoms with Gasteiger partial charge in [0.1, 0.15) is 0 Å². The summed E-state index contributed by atoms with van der Waals surface area (Å²) in [6.45, 7) is 1.44. The summed E-state index contributed by atoms with van der Waals surface area (Å²) in [4.78, 5) is 11.6. The largest absolute Gasteiger partial charge is 0.479 e. The van der Waals surface area contributed by atoms with E-state index in [1.54, 1.807) is 18.2 Å². The van der Waals surface area contributed by atoms with Crippen LogP contribution in [0.5, 0.6) is 0 Å². The highest BCUT2D eigenvalue weighted by Crippen LogP contribution is 2.28. The van der Waals surface area contributed by atoms with E-state index < -0.39 is 18.2 Å². The Hall–Kier alpha value is -1.72. The highest BCUT2D eigenvalue weighted by atomic mass is 19.4. The summed E-state index contributed by atoms with van der Waals surface area (Å²) >= 11 is 0. The van der Waals surface area contributed by atoms with E-state index in [1.807, 2.05) is 0 Å². The molecule has 1 N–H and O–H groups in total. The molecule has 3 nitrogen and oxygen atoms in total. The van der Waals surface area contributed by atoms with E-state index >= 15 is 0 Å². The van der Waals surface area contributed by atoms with Gasteiger partial charge >= 0.3 is 12.1 Å². The fraction of sp³-hybridized carbons (Fsp3) is 0.364. The first-order valence-corrected chi connectivity index (χ1v) is 4.99. The lowest BCUT2D eigenvalue weighted by Crippen LogP contribution is -2.51. The number of carboxylic acids is 1. The van der Waals surface area contributed by atoms with E-state index in [0.717, 1.165) is 4.90 Å². The number of likely N-dealkylation sites (N-methyl/N-ethyl adjacent to an activating group) is 1. The van der Waals surface area contributed by atoms with Gasteiger partial charge in [0, 0.05) is 12.2 Å². The number of alkyl halides is 3. The number of para-hydroxylation sites is 1. The number of anilines is 1. The Morgan fingerprint density at radius 1 is 1.35 bits per heavy atom. The summed E-state index contributed by atoms with van der Waals surface area (Å²) in [7, 11) is 0. The summed E-state index contributed by atoms with van der Waals surface area (Å²) in [5.74, 6) is -1.90. The first kappa shape index (κ1) is 13.3. The molecule has 0 spiro atoms. The zero-order valence-corrected chi connectivity index (χ0v) is 9.11. The fourth-order valence-electron chi connectivity index (χ4n) is 1.58. The van der Waals surface area contributed by atoms with Gasteiger partial charge in [-0.2, -0.15) is 13.2 Å². The van der Waals surface area contributed by atoms with Crippen LogP contribution in [0, 0.1) is 0 Å². The van der Waals surface area contributed by atoms with Gasteiger partial charge in [-0.1, -0.05) is 18.2 Å². The number of benzene rings is 1. The van der Waals surface area contributed by atoms with Gasteiger partial charge in [0.05, 0.1) is 0 Å². The Morgan fingerprint density at radius 3 is 2.24 bits per heavy atom. The Bertz CT molecular complexity index is 378. The molecule has 0 amide bonds. The predicted octanol–water partition coefficient (Wildman–Crippen LogP) is 2.53. The number of carbonyl (C=O) groups is 1. The first-order chi connectivity index (χ1) is 7.88. The van der Waals surface area contributed by atoms with Crippen LogP contribution in [0.1, 0.15) is 6.92 Å². The van der Waals surface area contributed by atoms with Crippen LogP contribution in [0.25, 0.3) is 0 Å². The number of halogens is 3. The monoisotopic (exact) mass is 247 g/mol. The third kappa shape index (κ3) is 3.12. The SMILES string of the molecule is CCN(c1ccccc1)C(C(=O)O)C(F)(F)F. The van der Waals surface area contributed by atoms with Crippen LogP contribution in [0.4, 0.5) is 18.9 Å². The molecule has 0 aromatic heterocycles. The van der Waals surface area contributed by atoms with Gasteiger partial charge in [-0.25, -0.2) is 4.79 Å². The van der Waals surface area contributed by atoms with Crippen molar-refractivity contribution in [3.8, 4) is 0 Å². The van der Waals surface area contributed by atoms with Crippen molar-refractivity contribution in [2.45, 2.75) is 19.1 Å². The molecule has 6 heteroatoms. The topological polar surface area (TPSA) is 40.5 Å². The molecule has 0 heterocycles. The van der Waals surface area contributed by atoms with Gasteiger partial charge in [0.2, 0.25) is 6.04 Å². The summed E-state index contributed by atoms with van der Waals surface area (Å²) in [6.07, 6.45) is -4.81.